The molecule has 4 rings (SSSR count). The second-order valence-electron chi connectivity index (χ2n) is 6.65. The summed E-state index contributed by atoms with van der Waals surface area (Å²) < 4.78 is 0. The van der Waals surface area contributed by atoms with E-state index in [2.05, 4.69) is 84.4 Å². The van der Waals surface area contributed by atoms with E-state index in [1.54, 1.807) is 0 Å². The maximum Gasteiger partial charge on any atom is 0.0645 e. The van der Waals surface area contributed by atoms with Crippen molar-refractivity contribution in [1.29, 1.82) is 0 Å². The first kappa shape index (κ1) is 14.0. The molecule has 2 heterocycles. The third-order valence-corrected chi connectivity index (χ3v) is 4.79. The molecule has 0 amide bonds. The van der Waals surface area contributed by atoms with Crippen molar-refractivity contribution in [3.05, 3.63) is 83.7 Å². The standard InChI is InChI=1S/C21H20N2/c1-15-12-13-16(14-22-15)23-19-10-6-4-8-17(19)21(2,3)18-9-5-7-11-20(18)23/h4-14H,1-3H3. The van der Waals surface area contributed by atoms with E-state index in [0.29, 0.717) is 0 Å². The van der Waals surface area contributed by atoms with Gasteiger partial charge >= 0.3 is 0 Å². The van der Waals surface area contributed by atoms with Crippen LogP contribution in [0.5, 0.6) is 0 Å². The summed E-state index contributed by atoms with van der Waals surface area (Å²) >= 11 is 0. The van der Waals surface area contributed by atoms with E-state index in [1.807, 2.05) is 13.1 Å². The van der Waals surface area contributed by atoms with Crippen molar-refractivity contribution in [2.45, 2.75) is 26.2 Å². The highest BCUT2D eigenvalue weighted by Gasteiger charge is 2.36. The molecule has 2 nitrogen and oxygen atoms in total. The number of fused-ring (bicyclic) bond motifs is 2. The van der Waals surface area contributed by atoms with Gasteiger partial charge in [0.25, 0.3) is 0 Å². The molecular formula is C21H20N2. The van der Waals surface area contributed by atoms with Crippen LogP contribution in [0.15, 0.2) is 66.9 Å². The van der Waals surface area contributed by atoms with Crippen molar-refractivity contribution in [3.63, 3.8) is 0 Å². The van der Waals surface area contributed by atoms with E-state index >= 15 is 0 Å². The molecule has 0 aliphatic carbocycles. The SMILES string of the molecule is Cc1ccc(N2c3ccccc3C(C)(C)c3ccccc32)cn1. The van der Waals surface area contributed by atoms with Gasteiger partial charge in [-0.1, -0.05) is 50.2 Å². The Kier molecular flexibility index (Phi) is 3.02. The molecule has 23 heavy (non-hydrogen) atoms. The lowest BCUT2D eigenvalue weighted by atomic mass is 9.73. The number of benzene rings is 2. The van der Waals surface area contributed by atoms with Gasteiger partial charge in [0, 0.05) is 11.1 Å². The molecule has 0 saturated carbocycles. The summed E-state index contributed by atoms with van der Waals surface area (Å²) in [5.74, 6) is 0. The predicted molar refractivity (Wildman–Crippen MR) is 95.8 cm³/mol. The Hall–Kier alpha value is -2.61. The molecule has 0 fully saturated rings. The highest BCUT2D eigenvalue weighted by Crippen LogP contribution is 2.51. The van der Waals surface area contributed by atoms with Crippen LogP contribution in [0.3, 0.4) is 0 Å². The lowest BCUT2D eigenvalue weighted by Gasteiger charge is -2.41. The van der Waals surface area contributed by atoms with Gasteiger partial charge in [-0.2, -0.15) is 0 Å². The third kappa shape index (κ3) is 2.06. The number of aromatic nitrogens is 1. The van der Waals surface area contributed by atoms with Gasteiger partial charge in [-0.3, -0.25) is 4.98 Å². The zero-order valence-corrected chi connectivity index (χ0v) is 13.7. The van der Waals surface area contributed by atoms with Crippen molar-refractivity contribution in [2.75, 3.05) is 4.90 Å². The number of para-hydroxylation sites is 2. The van der Waals surface area contributed by atoms with Gasteiger partial charge in [0.1, 0.15) is 0 Å². The van der Waals surface area contributed by atoms with Gasteiger partial charge in [0.15, 0.2) is 0 Å². The van der Waals surface area contributed by atoms with Gasteiger partial charge < -0.3 is 4.90 Å². The van der Waals surface area contributed by atoms with Crippen LogP contribution in [0.2, 0.25) is 0 Å². The fraction of sp³-hybridized carbons (Fsp3) is 0.190. The van der Waals surface area contributed by atoms with Gasteiger partial charge in [-0.25, -0.2) is 0 Å². The minimum atomic E-state index is -0.0121. The van der Waals surface area contributed by atoms with E-state index in [-0.39, 0.29) is 5.41 Å². The van der Waals surface area contributed by atoms with E-state index in [1.165, 1.54) is 22.5 Å². The van der Waals surface area contributed by atoms with Gasteiger partial charge in [-0.15, -0.1) is 0 Å². The van der Waals surface area contributed by atoms with E-state index < -0.39 is 0 Å². The summed E-state index contributed by atoms with van der Waals surface area (Å²) in [5.41, 5.74) is 7.29. The maximum absolute atomic E-state index is 4.49. The highest BCUT2D eigenvalue weighted by molar-refractivity contribution is 5.85. The Balaban J connectivity index is 2.02. The number of pyridine rings is 1. The molecule has 0 unspecified atom stereocenters. The second kappa shape index (κ2) is 4.95. The fourth-order valence-electron chi connectivity index (χ4n) is 3.54. The van der Waals surface area contributed by atoms with Crippen LogP contribution in [-0.2, 0) is 5.41 Å². The molecule has 0 atom stereocenters. The van der Waals surface area contributed by atoms with Crippen LogP contribution in [0.25, 0.3) is 0 Å². The molecule has 2 aromatic carbocycles. The molecule has 0 saturated heterocycles. The molecule has 0 bridgehead atoms. The molecule has 1 aliphatic heterocycles. The number of hydrogen-bond acceptors (Lipinski definition) is 2. The summed E-state index contributed by atoms with van der Waals surface area (Å²) in [5, 5.41) is 0. The Morgan fingerprint density at radius 2 is 1.35 bits per heavy atom. The summed E-state index contributed by atoms with van der Waals surface area (Å²) in [7, 11) is 0. The van der Waals surface area contributed by atoms with Crippen LogP contribution in [0.1, 0.15) is 30.7 Å². The first-order valence-corrected chi connectivity index (χ1v) is 8.01. The van der Waals surface area contributed by atoms with Crippen molar-refractivity contribution in [2.24, 2.45) is 0 Å². The molecular weight excluding hydrogens is 280 g/mol. The molecule has 114 valence electrons. The third-order valence-electron chi connectivity index (χ3n) is 4.79. The topological polar surface area (TPSA) is 16.1 Å². The lowest BCUT2D eigenvalue weighted by molar-refractivity contribution is 0.632. The molecule has 0 N–H and O–H groups in total. The number of rotatable bonds is 1. The molecule has 3 aromatic rings. The molecule has 2 heteroatoms. The first-order valence-electron chi connectivity index (χ1n) is 8.01. The monoisotopic (exact) mass is 300 g/mol. The molecule has 0 spiro atoms. The largest absolute Gasteiger partial charge is 0.308 e. The second-order valence-corrected chi connectivity index (χ2v) is 6.65. The maximum atomic E-state index is 4.49. The zero-order valence-electron chi connectivity index (χ0n) is 13.7. The van der Waals surface area contributed by atoms with Crippen LogP contribution in [0, 0.1) is 6.92 Å². The molecule has 1 aliphatic rings. The number of anilines is 3. The normalized spacial score (nSPS) is 15.0. The summed E-state index contributed by atoms with van der Waals surface area (Å²) in [6.07, 6.45) is 1.96. The minimum Gasteiger partial charge on any atom is -0.308 e. The van der Waals surface area contributed by atoms with E-state index in [0.717, 1.165) is 11.4 Å². The van der Waals surface area contributed by atoms with E-state index in [4.69, 9.17) is 0 Å². The minimum absolute atomic E-state index is 0.0121. The average molecular weight is 300 g/mol. The molecule has 0 radical (unpaired) electrons. The molecule has 1 aromatic heterocycles. The Morgan fingerprint density at radius 3 is 1.87 bits per heavy atom. The Morgan fingerprint density at radius 1 is 0.783 bits per heavy atom. The van der Waals surface area contributed by atoms with Gasteiger partial charge in [0.05, 0.1) is 23.3 Å². The zero-order chi connectivity index (χ0) is 16.0. The number of nitrogens with zero attached hydrogens (tertiary/aromatic N) is 2. The first-order chi connectivity index (χ1) is 11.1. The Bertz CT molecular complexity index is 814. The van der Waals surface area contributed by atoms with E-state index in [9.17, 15) is 0 Å². The smallest absolute Gasteiger partial charge is 0.0645 e. The van der Waals surface area contributed by atoms with Crippen molar-refractivity contribution in [3.8, 4) is 0 Å². The van der Waals surface area contributed by atoms with Crippen LogP contribution >= 0.6 is 0 Å². The number of hydrogen-bond donors (Lipinski definition) is 0. The fourth-order valence-corrected chi connectivity index (χ4v) is 3.54. The Labute approximate surface area is 137 Å². The van der Waals surface area contributed by atoms with Gasteiger partial charge in [0.2, 0.25) is 0 Å². The van der Waals surface area contributed by atoms with Crippen molar-refractivity contribution >= 4 is 17.1 Å². The summed E-state index contributed by atoms with van der Waals surface area (Å²) in [6.45, 7) is 6.62. The van der Waals surface area contributed by atoms with Crippen molar-refractivity contribution < 1.29 is 0 Å². The predicted octanol–water partition coefficient (Wildman–Crippen LogP) is 5.50. The number of aryl methyl sites for hydroxylation is 1. The van der Waals surface area contributed by atoms with Crippen LogP contribution < -0.4 is 4.90 Å². The van der Waals surface area contributed by atoms with Gasteiger partial charge in [-0.05, 0) is 42.3 Å². The quantitative estimate of drug-likeness (QED) is 0.590. The highest BCUT2D eigenvalue weighted by atomic mass is 15.2. The van der Waals surface area contributed by atoms with Crippen molar-refractivity contribution in [1.82, 2.24) is 4.98 Å². The average Bonchev–Trinajstić information content (AvgIpc) is 2.57. The van der Waals surface area contributed by atoms with Crippen LogP contribution in [-0.4, -0.2) is 4.98 Å². The lowest BCUT2D eigenvalue weighted by Crippen LogP contribution is -2.30. The van der Waals surface area contributed by atoms with Crippen LogP contribution in [0.4, 0.5) is 17.1 Å². The summed E-state index contributed by atoms with van der Waals surface area (Å²) in [6, 6.07) is 21.6. The summed E-state index contributed by atoms with van der Waals surface area (Å²) in [4.78, 5) is 6.82.